The Labute approximate surface area is 101 Å². The maximum atomic E-state index is 10.6. The van der Waals surface area contributed by atoms with Gasteiger partial charge in [-0.1, -0.05) is 12.1 Å². The number of benzene rings is 1. The standard InChI is InChI=1S/C14H17NO2/c1-11(10-14(16)17)12-4-6-13(7-5-12)15-8-2-3-9-15/h4-7,10H,2-3,8-9H2,1H3,(H,16,17)/b11-10+. The number of aliphatic carboxylic acids is 1. The van der Waals surface area contributed by atoms with Gasteiger partial charge in [0.05, 0.1) is 0 Å². The van der Waals surface area contributed by atoms with Gasteiger partial charge < -0.3 is 10.0 Å². The molecule has 0 spiro atoms. The van der Waals surface area contributed by atoms with Crippen LogP contribution in [0.4, 0.5) is 5.69 Å². The Balaban J connectivity index is 2.15. The van der Waals surface area contributed by atoms with E-state index in [1.165, 1.54) is 24.6 Å². The van der Waals surface area contributed by atoms with Gasteiger partial charge in [-0.25, -0.2) is 4.79 Å². The van der Waals surface area contributed by atoms with Crippen molar-refractivity contribution in [3.8, 4) is 0 Å². The van der Waals surface area contributed by atoms with E-state index in [4.69, 9.17) is 5.11 Å². The highest BCUT2D eigenvalue weighted by atomic mass is 16.4. The fourth-order valence-electron chi connectivity index (χ4n) is 2.18. The highest BCUT2D eigenvalue weighted by molar-refractivity contribution is 5.89. The molecule has 3 heteroatoms. The van der Waals surface area contributed by atoms with Crippen LogP contribution in [-0.2, 0) is 4.79 Å². The van der Waals surface area contributed by atoms with E-state index >= 15 is 0 Å². The third kappa shape index (κ3) is 2.87. The fourth-order valence-corrected chi connectivity index (χ4v) is 2.18. The Morgan fingerprint density at radius 3 is 2.35 bits per heavy atom. The zero-order chi connectivity index (χ0) is 12.3. The molecule has 1 aliphatic heterocycles. The Morgan fingerprint density at radius 1 is 1.24 bits per heavy atom. The average molecular weight is 231 g/mol. The maximum Gasteiger partial charge on any atom is 0.328 e. The molecule has 1 aromatic carbocycles. The van der Waals surface area contributed by atoms with Crippen molar-refractivity contribution in [2.75, 3.05) is 18.0 Å². The molecule has 0 saturated carbocycles. The smallest absolute Gasteiger partial charge is 0.328 e. The fraction of sp³-hybridized carbons (Fsp3) is 0.357. The zero-order valence-electron chi connectivity index (χ0n) is 10.0. The molecule has 2 rings (SSSR count). The van der Waals surface area contributed by atoms with Crippen LogP contribution in [0.5, 0.6) is 0 Å². The summed E-state index contributed by atoms with van der Waals surface area (Å²) in [4.78, 5) is 12.9. The molecular formula is C14H17NO2. The number of hydrogen-bond donors (Lipinski definition) is 1. The highest BCUT2D eigenvalue weighted by Crippen LogP contribution is 2.22. The average Bonchev–Trinajstić information content (AvgIpc) is 2.82. The number of allylic oxidation sites excluding steroid dienone is 1. The first-order valence-electron chi connectivity index (χ1n) is 5.93. The van der Waals surface area contributed by atoms with Crippen LogP contribution in [0.2, 0.25) is 0 Å². The number of anilines is 1. The van der Waals surface area contributed by atoms with E-state index < -0.39 is 5.97 Å². The van der Waals surface area contributed by atoms with Crippen molar-refractivity contribution < 1.29 is 9.90 Å². The summed E-state index contributed by atoms with van der Waals surface area (Å²) in [5.41, 5.74) is 2.98. The van der Waals surface area contributed by atoms with Gasteiger partial charge in [0.2, 0.25) is 0 Å². The molecule has 1 aromatic rings. The van der Waals surface area contributed by atoms with E-state index in [0.29, 0.717) is 0 Å². The van der Waals surface area contributed by atoms with Gasteiger partial charge in [-0.05, 0) is 43.0 Å². The number of nitrogens with zero attached hydrogens (tertiary/aromatic N) is 1. The van der Waals surface area contributed by atoms with Crippen LogP contribution in [-0.4, -0.2) is 24.2 Å². The van der Waals surface area contributed by atoms with E-state index in [2.05, 4.69) is 17.0 Å². The topological polar surface area (TPSA) is 40.5 Å². The number of rotatable bonds is 3. The molecule has 1 aliphatic rings. The van der Waals surface area contributed by atoms with Gasteiger partial charge in [0.1, 0.15) is 0 Å². The molecule has 1 saturated heterocycles. The largest absolute Gasteiger partial charge is 0.478 e. The third-order valence-electron chi connectivity index (χ3n) is 3.13. The van der Waals surface area contributed by atoms with E-state index in [0.717, 1.165) is 24.2 Å². The molecule has 0 aliphatic carbocycles. The molecule has 0 unspecified atom stereocenters. The predicted octanol–water partition coefficient (Wildman–Crippen LogP) is 2.77. The quantitative estimate of drug-likeness (QED) is 0.813. The summed E-state index contributed by atoms with van der Waals surface area (Å²) < 4.78 is 0. The molecule has 0 radical (unpaired) electrons. The van der Waals surface area contributed by atoms with Crippen LogP contribution in [0.15, 0.2) is 30.3 Å². The van der Waals surface area contributed by atoms with E-state index in [9.17, 15) is 4.79 Å². The van der Waals surface area contributed by atoms with Crippen LogP contribution in [0.25, 0.3) is 5.57 Å². The summed E-state index contributed by atoms with van der Waals surface area (Å²) in [5.74, 6) is -0.897. The maximum absolute atomic E-state index is 10.6. The molecule has 17 heavy (non-hydrogen) atoms. The number of hydrogen-bond acceptors (Lipinski definition) is 2. The zero-order valence-corrected chi connectivity index (χ0v) is 10.0. The van der Waals surface area contributed by atoms with E-state index in [1.807, 2.05) is 19.1 Å². The summed E-state index contributed by atoms with van der Waals surface area (Å²) >= 11 is 0. The van der Waals surface area contributed by atoms with E-state index in [1.54, 1.807) is 0 Å². The van der Waals surface area contributed by atoms with Crippen molar-refractivity contribution in [2.24, 2.45) is 0 Å². The minimum absolute atomic E-state index is 0.783. The third-order valence-corrected chi connectivity index (χ3v) is 3.13. The van der Waals surface area contributed by atoms with Crippen LogP contribution in [0.3, 0.4) is 0 Å². The number of carboxylic acids is 1. The first kappa shape index (κ1) is 11.7. The van der Waals surface area contributed by atoms with Crippen LogP contribution >= 0.6 is 0 Å². The van der Waals surface area contributed by atoms with Gasteiger partial charge >= 0.3 is 5.97 Å². The van der Waals surface area contributed by atoms with Crippen molar-refractivity contribution in [1.29, 1.82) is 0 Å². The predicted molar refractivity (Wildman–Crippen MR) is 69.2 cm³/mol. The van der Waals surface area contributed by atoms with Crippen LogP contribution in [0, 0.1) is 0 Å². The van der Waals surface area contributed by atoms with Crippen molar-refractivity contribution >= 4 is 17.2 Å². The summed E-state index contributed by atoms with van der Waals surface area (Å²) in [6.45, 7) is 4.07. The Bertz CT molecular complexity index is 428. The van der Waals surface area contributed by atoms with E-state index in [-0.39, 0.29) is 0 Å². The summed E-state index contributed by atoms with van der Waals surface area (Å²) in [6.07, 6.45) is 3.77. The second-order valence-electron chi connectivity index (χ2n) is 4.41. The number of carbonyl (C=O) groups is 1. The molecule has 90 valence electrons. The van der Waals surface area contributed by atoms with Crippen molar-refractivity contribution in [2.45, 2.75) is 19.8 Å². The monoisotopic (exact) mass is 231 g/mol. The van der Waals surface area contributed by atoms with Crippen LogP contribution in [0.1, 0.15) is 25.3 Å². The highest BCUT2D eigenvalue weighted by Gasteiger charge is 2.11. The Hall–Kier alpha value is -1.77. The molecule has 1 fully saturated rings. The minimum Gasteiger partial charge on any atom is -0.478 e. The van der Waals surface area contributed by atoms with Gasteiger partial charge in [0.25, 0.3) is 0 Å². The first-order valence-corrected chi connectivity index (χ1v) is 5.93. The SMILES string of the molecule is C/C(=C\C(=O)O)c1ccc(N2CCCC2)cc1. The normalized spacial score (nSPS) is 16.3. The molecule has 0 amide bonds. The second-order valence-corrected chi connectivity index (χ2v) is 4.41. The number of carboxylic acid groups (broad SMARTS) is 1. The summed E-state index contributed by atoms with van der Waals surface area (Å²) in [5, 5.41) is 8.69. The van der Waals surface area contributed by atoms with Crippen LogP contribution < -0.4 is 4.90 Å². The molecule has 1 heterocycles. The van der Waals surface area contributed by atoms with Crippen molar-refractivity contribution in [1.82, 2.24) is 0 Å². The lowest BCUT2D eigenvalue weighted by molar-refractivity contribution is -0.131. The molecule has 3 nitrogen and oxygen atoms in total. The summed E-state index contributed by atoms with van der Waals surface area (Å²) in [7, 11) is 0. The molecule has 0 aromatic heterocycles. The van der Waals surface area contributed by atoms with Gasteiger partial charge in [-0.3, -0.25) is 0 Å². The van der Waals surface area contributed by atoms with Gasteiger partial charge in [-0.15, -0.1) is 0 Å². The van der Waals surface area contributed by atoms with Gasteiger partial charge in [0, 0.05) is 24.9 Å². The Morgan fingerprint density at radius 2 is 1.82 bits per heavy atom. The minimum atomic E-state index is -0.897. The molecular weight excluding hydrogens is 214 g/mol. The van der Waals surface area contributed by atoms with Gasteiger partial charge in [0.15, 0.2) is 0 Å². The summed E-state index contributed by atoms with van der Waals surface area (Å²) in [6, 6.07) is 8.12. The lowest BCUT2D eigenvalue weighted by Gasteiger charge is -2.17. The van der Waals surface area contributed by atoms with Gasteiger partial charge in [-0.2, -0.15) is 0 Å². The lowest BCUT2D eigenvalue weighted by atomic mass is 10.1. The first-order chi connectivity index (χ1) is 8.16. The molecule has 0 bridgehead atoms. The van der Waals surface area contributed by atoms with Crippen molar-refractivity contribution in [3.05, 3.63) is 35.9 Å². The lowest BCUT2D eigenvalue weighted by Crippen LogP contribution is -2.17. The van der Waals surface area contributed by atoms with Crippen molar-refractivity contribution in [3.63, 3.8) is 0 Å². The molecule has 0 atom stereocenters. The Kier molecular flexibility index (Phi) is 3.47. The second kappa shape index (κ2) is 5.04. The molecule has 1 N–H and O–H groups in total.